The Labute approximate surface area is 170 Å². The summed E-state index contributed by atoms with van der Waals surface area (Å²) >= 11 is 0. The van der Waals surface area contributed by atoms with E-state index >= 15 is 0 Å². The summed E-state index contributed by atoms with van der Waals surface area (Å²) in [4.78, 5) is 7.81. The Morgan fingerprint density at radius 3 is 2.71 bits per heavy atom. The van der Waals surface area contributed by atoms with Gasteiger partial charge in [0.15, 0.2) is 0 Å². The lowest BCUT2D eigenvalue weighted by molar-refractivity contribution is 0.651. The monoisotopic (exact) mass is 388 g/mol. The van der Waals surface area contributed by atoms with E-state index in [0.29, 0.717) is 0 Å². The van der Waals surface area contributed by atoms with Crippen LogP contribution in [-0.4, -0.2) is 21.2 Å². The SMILES string of the molecule is CCCCCCN1CCc2cc3c(cc21)[Si](C)(C)c1cc2c(cc1=N3)CCC=2. The predicted molar refractivity (Wildman–Crippen MR) is 123 cm³/mol. The first-order valence-corrected chi connectivity index (χ1v) is 14.2. The fourth-order valence-electron chi connectivity index (χ4n) is 5.35. The van der Waals surface area contributed by atoms with Gasteiger partial charge in [0, 0.05) is 18.8 Å². The third-order valence-electron chi connectivity index (χ3n) is 7.09. The van der Waals surface area contributed by atoms with Gasteiger partial charge in [-0.1, -0.05) is 51.4 Å². The van der Waals surface area contributed by atoms with E-state index in [-0.39, 0.29) is 0 Å². The standard InChI is InChI=1S/C25H32N2Si/c1-4-5-6-7-12-27-13-11-20-15-22-25(17-23(20)27)28(2,3)24-16-19-10-8-9-18(19)14-21(24)26-22/h10,14-17H,4-9,11-13H2,1-3H3. The molecule has 0 bridgehead atoms. The van der Waals surface area contributed by atoms with Gasteiger partial charge in [0.2, 0.25) is 0 Å². The summed E-state index contributed by atoms with van der Waals surface area (Å²) in [6.07, 6.45) is 11.3. The van der Waals surface area contributed by atoms with Crippen molar-refractivity contribution < 1.29 is 0 Å². The molecule has 28 heavy (non-hydrogen) atoms. The van der Waals surface area contributed by atoms with Gasteiger partial charge in [0.05, 0.1) is 11.0 Å². The van der Waals surface area contributed by atoms with Crippen LogP contribution in [0.1, 0.15) is 50.2 Å². The largest absolute Gasteiger partial charge is 0.371 e. The van der Waals surface area contributed by atoms with E-state index in [9.17, 15) is 0 Å². The number of hydrogen-bond acceptors (Lipinski definition) is 2. The van der Waals surface area contributed by atoms with E-state index < -0.39 is 8.07 Å². The summed E-state index contributed by atoms with van der Waals surface area (Å²) in [5.74, 6) is 0. The van der Waals surface area contributed by atoms with Gasteiger partial charge in [-0.3, -0.25) is 0 Å². The highest BCUT2D eigenvalue weighted by Gasteiger charge is 2.35. The van der Waals surface area contributed by atoms with E-state index in [4.69, 9.17) is 4.99 Å². The maximum Gasteiger partial charge on any atom is 0.117 e. The molecule has 0 atom stereocenters. The molecule has 2 aromatic rings. The number of rotatable bonds is 5. The molecule has 2 heterocycles. The number of hydrogen-bond donors (Lipinski definition) is 0. The van der Waals surface area contributed by atoms with Gasteiger partial charge in [0.25, 0.3) is 0 Å². The summed E-state index contributed by atoms with van der Waals surface area (Å²) in [5, 5.41) is 5.80. The molecule has 0 fully saturated rings. The van der Waals surface area contributed by atoms with Gasteiger partial charge in [-0.2, -0.15) is 0 Å². The summed E-state index contributed by atoms with van der Waals surface area (Å²) in [6, 6.07) is 9.83. The second kappa shape index (κ2) is 6.87. The molecule has 146 valence electrons. The summed E-state index contributed by atoms with van der Waals surface area (Å²) < 4.78 is 0. The average Bonchev–Trinajstić information content (AvgIpc) is 3.29. The first kappa shape index (κ1) is 18.2. The molecule has 3 aliphatic rings. The molecule has 2 aromatic carbocycles. The zero-order valence-electron chi connectivity index (χ0n) is 17.6. The highest BCUT2D eigenvalue weighted by molar-refractivity contribution is 7.01. The molecule has 5 rings (SSSR count). The fraction of sp³-hybridized carbons (Fsp3) is 0.480. The number of aryl methyl sites for hydroxylation is 1. The van der Waals surface area contributed by atoms with Crippen molar-refractivity contribution in [2.75, 3.05) is 18.0 Å². The van der Waals surface area contributed by atoms with Crippen molar-refractivity contribution in [1.29, 1.82) is 0 Å². The lowest BCUT2D eigenvalue weighted by atomic mass is 10.1. The first-order chi connectivity index (χ1) is 13.6. The van der Waals surface area contributed by atoms with Crippen LogP contribution >= 0.6 is 0 Å². The van der Waals surface area contributed by atoms with Gasteiger partial charge >= 0.3 is 0 Å². The molecular formula is C25H32N2Si. The van der Waals surface area contributed by atoms with Gasteiger partial charge in [-0.05, 0) is 70.6 Å². The minimum atomic E-state index is -1.73. The van der Waals surface area contributed by atoms with Crippen molar-refractivity contribution in [1.82, 2.24) is 0 Å². The van der Waals surface area contributed by atoms with Crippen LogP contribution in [0.25, 0.3) is 6.08 Å². The Kier molecular flexibility index (Phi) is 4.46. The molecule has 1 aliphatic carbocycles. The second-order valence-corrected chi connectivity index (χ2v) is 13.7. The van der Waals surface area contributed by atoms with Crippen molar-refractivity contribution in [2.24, 2.45) is 4.99 Å². The fourth-order valence-corrected chi connectivity index (χ4v) is 8.19. The molecule has 0 amide bonds. The van der Waals surface area contributed by atoms with Gasteiger partial charge in [-0.15, -0.1) is 0 Å². The molecule has 0 radical (unpaired) electrons. The van der Waals surface area contributed by atoms with Crippen LogP contribution < -0.4 is 25.8 Å². The zero-order chi connectivity index (χ0) is 19.3. The van der Waals surface area contributed by atoms with Crippen molar-refractivity contribution >= 4 is 35.9 Å². The van der Waals surface area contributed by atoms with Crippen LogP contribution in [0.2, 0.25) is 13.1 Å². The van der Waals surface area contributed by atoms with E-state index in [2.05, 4.69) is 55.3 Å². The molecule has 0 saturated heterocycles. The van der Waals surface area contributed by atoms with Crippen LogP contribution in [0, 0.1) is 0 Å². The number of unbranched alkanes of at least 4 members (excludes halogenated alkanes) is 3. The summed E-state index contributed by atoms with van der Waals surface area (Å²) in [7, 11) is -1.73. The molecule has 2 nitrogen and oxygen atoms in total. The predicted octanol–water partition coefficient (Wildman–Crippen LogP) is 3.44. The Bertz CT molecular complexity index is 1050. The Morgan fingerprint density at radius 2 is 1.86 bits per heavy atom. The molecule has 3 heteroatoms. The van der Waals surface area contributed by atoms with Gasteiger partial charge in [-0.25, -0.2) is 4.99 Å². The van der Waals surface area contributed by atoms with Crippen molar-refractivity contribution in [3.05, 3.63) is 46.0 Å². The lowest BCUT2D eigenvalue weighted by Gasteiger charge is -2.31. The number of fused-ring (bicyclic) bond motifs is 4. The number of anilines is 1. The topological polar surface area (TPSA) is 15.6 Å². The third-order valence-corrected chi connectivity index (χ3v) is 10.6. The molecule has 0 unspecified atom stereocenters. The minimum Gasteiger partial charge on any atom is -0.371 e. The van der Waals surface area contributed by atoms with E-state index in [1.807, 2.05) is 0 Å². The summed E-state index contributed by atoms with van der Waals surface area (Å²) in [6.45, 7) is 9.73. The molecule has 0 N–H and O–H groups in total. The Hall–Kier alpha value is -1.87. The van der Waals surface area contributed by atoms with Gasteiger partial charge in [0.1, 0.15) is 8.07 Å². The molecule has 2 aliphatic heterocycles. The molecule has 0 aromatic heterocycles. The smallest absolute Gasteiger partial charge is 0.117 e. The maximum atomic E-state index is 5.17. The van der Waals surface area contributed by atoms with E-state index in [1.54, 1.807) is 0 Å². The van der Waals surface area contributed by atoms with Crippen LogP contribution in [0.4, 0.5) is 11.4 Å². The van der Waals surface area contributed by atoms with Crippen molar-refractivity contribution in [3.8, 4) is 0 Å². The van der Waals surface area contributed by atoms with Crippen LogP contribution in [0.15, 0.2) is 29.3 Å². The maximum absolute atomic E-state index is 5.17. The summed E-state index contributed by atoms with van der Waals surface area (Å²) in [5.41, 5.74) is 5.77. The van der Waals surface area contributed by atoms with Crippen LogP contribution in [-0.2, 0) is 12.8 Å². The highest BCUT2D eigenvalue weighted by atomic mass is 28.3. The quantitative estimate of drug-likeness (QED) is 0.566. The van der Waals surface area contributed by atoms with Gasteiger partial charge < -0.3 is 4.90 Å². The molecule has 0 saturated carbocycles. The zero-order valence-corrected chi connectivity index (χ0v) is 18.6. The van der Waals surface area contributed by atoms with E-state index in [0.717, 1.165) is 0 Å². The lowest BCUT2D eigenvalue weighted by Crippen LogP contribution is -2.61. The highest BCUT2D eigenvalue weighted by Crippen LogP contribution is 2.32. The Morgan fingerprint density at radius 1 is 0.964 bits per heavy atom. The average molecular weight is 389 g/mol. The van der Waals surface area contributed by atoms with Crippen LogP contribution in [0.5, 0.6) is 0 Å². The number of benzene rings is 2. The number of nitrogens with zero attached hydrogens (tertiary/aromatic N) is 2. The third kappa shape index (κ3) is 2.86. The van der Waals surface area contributed by atoms with E-state index in [1.165, 1.54) is 101 Å². The normalized spacial score (nSPS) is 18.0. The van der Waals surface area contributed by atoms with Crippen molar-refractivity contribution in [3.63, 3.8) is 0 Å². The first-order valence-electron chi connectivity index (χ1n) is 11.2. The minimum absolute atomic E-state index is 1.18. The van der Waals surface area contributed by atoms with Crippen LogP contribution in [0.3, 0.4) is 0 Å². The molecular weight excluding hydrogens is 356 g/mol. The second-order valence-electron chi connectivity index (χ2n) is 9.34. The molecule has 0 spiro atoms. The Balaban J connectivity index is 1.55. The van der Waals surface area contributed by atoms with Crippen molar-refractivity contribution in [2.45, 2.75) is 65.0 Å².